The maximum atomic E-state index is 13.0. The first-order valence-electron chi connectivity index (χ1n) is 3.48. The molecule has 0 spiro atoms. The lowest BCUT2D eigenvalue weighted by Gasteiger charge is -1.95. The summed E-state index contributed by atoms with van der Waals surface area (Å²) in [5.74, 6) is 4.75. The molecule has 0 aliphatic carbocycles. The predicted molar refractivity (Wildman–Crippen MR) is 46.7 cm³/mol. The molecule has 0 saturated carbocycles. The summed E-state index contributed by atoms with van der Waals surface area (Å²) in [6.07, 6.45) is 0. The second-order valence-corrected chi connectivity index (χ2v) is 2.25. The highest BCUT2D eigenvalue weighted by Gasteiger charge is 1.97. The van der Waals surface area contributed by atoms with Crippen LogP contribution in [0.15, 0.2) is 18.2 Å². The van der Waals surface area contributed by atoms with Gasteiger partial charge in [0, 0.05) is 5.69 Å². The van der Waals surface area contributed by atoms with E-state index in [9.17, 15) is 4.39 Å². The van der Waals surface area contributed by atoms with Crippen LogP contribution in [0.1, 0.15) is 5.56 Å². The van der Waals surface area contributed by atoms with Gasteiger partial charge in [-0.05, 0) is 18.2 Å². The van der Waals surface area contributed by atoms with E-state index in [2.05, 4.69) is 11.8 Å². The van der Waals surface area contributed by atoms with Crippen molar-refractivity contribution in [3.05, 3.63) is 29.6 Å². The second kappa shape index (κ2) is 3.74. The highest BCUT2D eigenvalue weighted by atomic mass is 19.1. The molecule has 1 rings (SSSR count). The van der Waals surface area contributed by atoms with Crippen molar-refractivity contribution < 1.29 is 4.39 Å². The van der Waals surface area contributed by atoms with Crippen LogP contribution in [0.2, 0.25) is 0 Å². The smallest absolute Gasteiger partial charge is 0.140 e. The van der Waals surface area contributed by atoms with Crippen molar-refractivity contribution in [3.63, 3.8) is 0 Å². The van der Waals surface area contributed by atoms with Gasteiger partial charge in [0.2, 0.25) is 0 Å². The standard InChI is InChI=1S/C9H9FN2/c10-9-6-8(12)4-3-7(9)2-1-5-11/h3-4,6H,5,11-12H2. The Balaban J connectivity index is 3.01. The number of hydrogen-bond acceptors (Lipinski definition) is 2. The van der Waals surface area contributed by atoms with Crippen LogP contribution >= 0.6 is 0 Å². The van der Waals surface area contributed by atoms with Gasteiger partial charge in [0.1, 0.15) is 5.82 Å². The molecule has 0 heterocycles. The predicted octanol–water partition coefficient (Wildman–Crippen LogP) is 0.718. The summed E-state index contributed by atoms with van der Waals surface area (Å²) in [7, 11) is 0. The lowest BCUT2D eigenvalue weighted by atomic mass is 10.2. The Bertz CT molecular complexity index is 336. The molecule has 0 saturated heterocycles. The third-order valence-corrected chi connectivity index (χ3v) is 1.32. The molecule has 0 aromatic heterocycles. The number of nitrogens with two attached hydrogens (primary N) is 2. The van der Waals surface area contributed by atoms with Crippen molar-refractivity contribution in [2.75, 3.05) is 12.3 Å². The quantitative estimate of drug-likeness (QED) is 0.438. The molecule has 4 N–H and O–H groups in total. The van der Waals surface area contributed by atoms with Gasteiger partial charge in [0.15, 0.2) is 0 Å². The van der Waals surface area contributed by atoms with Crippen molar-refractivity contribution in [2.45, 2.75) is 0 Å². The molecule has 62 valence electrons. The molecular weight excluding hydrogens is 155 g/mol. The van der Waals surface area contributed by atoms with Crippen molar-refractivity contribution in [1.82, 2.24) is 0 Å². The number of halogens is 1. The number of benzene rings is 1. The average Bonchev–Trinajstić information content (AvgIpc) is 2.03. The van der Waals surface area contributed by atoms with Crippen molar-refractivity contribution in [3.8, 4) is 11.8 Å². The first kappa shape index (κ1) is 8.57. The van der Waals surface area contributed by atoms with Crippen LogP contribution in [0, 0.1) is 17.7 Å². The minimum atomic E-state index is -0.407. The fourth-order valence-corrected chi connectivity index (χ4v) is 0.779. The summed E-state index contributed by atoms with van der Waals surface area (Å²) in [6, 6.07) is 4.37. The zero-order valence-corrected chi connectivity index (χ0v) is 6.47. The Morgan fingerprint density at radius 3 is 2.75 bits per heavy atom. The summed E-state index contributed by atoms with van der Waals surface area (Å²) in [5, 5.41) is 0. The molecule has 0 atom stereocenters. The first-order valence-corrected chi connectivity index (χ1v) is 3.48. The first-order chi connectivity index (χ1) is 5.74. The van der Waals surface area contributed by atoms with Gasteiger partial charge in [-0.15, -0.1) is 0 Å². The molecule has 12 heavy (non-hydrogen) atoms. The highest BCUT2D eigenvalue weighted by Crippen LogP contribution is 2.09. The summed E-state index contributed by atoms with van der Waals surface area (Å²) in [5.41, 5.74) is 11.2. The van der Waals surface area contributed by atoms with Crippen molar-refractivity contribution in [1.29, 1.82) is 0 Å². The van der Waals surface area contributed by atoms with Gasteiger partial charge in [-0.2, -0.15) is 0 Å². The largest absolute Gasteiger partial charge is 0.399 e. The minimum Gasteiger partial charge on any atom is -0.399 e. The van der Waals surface area contributed by atoms with E-state index in [1.807, 2.05) is 0 Å². The SMILES string of the molecule is NCC#Cc1ccc(N)cc1F. The van der Waals surface area contributed by atoms with E-state index in [4.69, 9.17) is 11.5 Å². The van der Waals surface area contributed by atoms with Gasteiger partial charge in [0.25, 0.3) is 0 Å². The Kier molecular flexibility index (Phi) is 2.67. The van der Waals surface area contributed by atoms with Gasteiger partial charge in [-0.25, -0.2) is 4.39 Å². The van der Waals surface area contributed by atoms with Gasteiger partial charge in [0.05, 0.1) is 12.1 Å². The Morgan fingerprint density at radius 1 is 1.42 bits per heavy atom. The lowest BCUT2D eigenvalue weighted by Crippen LogP contribution is -1.94. The summed E-state index contributed by atoms with van der Waals surface area (Å²) < 4.78 is 13.0. The fourth-order valence-electron chi connectivity index (χ4n) is 0.779. The van der Waals surface area contributed by atoms with Crippen LogP contribution in [0.4, 0.5) is 10.1 Å². The van der Waals surface area contributed by atoms with Gasteiger partial charge in [-0.1, -0.05) is 11.8 Å². The van der Waals surface area contributed by atoms with Gasteiger partial charge >= 0.3 is 0 Å². The van der Waals surface area contributed by atoms with E-state index in [-0.39, 0.29) is 6.54 Å². The van der Waals surface area contributed by atoms with Crippen LogP contribution in [-0.2, 0) is 0 Å². The maximum absolute atomic E-state index is 13.0. The van der Waals surface area contributed by atoms with Gasteiger partial charge in [-0.3, -0.25) is 0 Å². The fraction of sp³-hybridized carbons (Fsp3) is 0.111. The van der Waals surface area contributed by atoms with E-state index in [1.54, 1.807) is 6.07 Å². The third kappa shape index (κ3) is 1.97. The molecule has 2 nitrogen and oxygen atoms in total. The molecule has 1 aromatic rings. The number of hydrogen-bond donors (Lipinski definition) is 2. The zero-order chi connectivity index (χ0) is 8.97. The minimum absolute atomic E-state index is 0.226. The zero-order valence-electron chi connectivity index (χ0n) is 6.47. The van der Waals surface area contributed by atoms with Crippen LogP contribution < -0.4 is 11.5 Å². The van der Waals surface area contributed by atoms with Crippen LogP contribution in [0.3, 0.4) is 0 Å². The normalized spacial score (nSPS) is 8.83. The molecular formula is C9H9FN2. The van der Waals surface area contributed by atoms with Crippen LogP contribution in [0.25, 0.3) is 0 Å². The Hall–Kier alpha value is -1.53. The molecule has 3 heteroatoms. The topological polar surface area (TPSA) is 52.0 Å². The highest BCUT2D eigenvalue weighted by molar-refractivity contribution is 5.45. The van der Waals surface area contributed by atoms with Gasteiger partial charge < -0.3 is 11.5 Å². The number of nitrogen functional groups attached to an aromatic ring is 1. The Labute approximate surface area is 70.4 Å². The number of anilines is 1. The Morgan fingerprint density at radius 2 is 2.17 bits per heavy atom. The van der Waals surface area contributed by atoms with Crippen molar-refractivity contribution >= 4 is 5.69 Å². The van der Waals surface area contributed by atoms with E-state index >= 15 is 0 Å². The molecule has 0 aliphatic rings. The molecule has 0 fully saturated rings. The average molecular weight is 164 g/mol. The van der Waals surface area contributed by atoms with E-state index in [0.29, 0.717) is 11.3 Å². The molecule has 1 aromatic carbocycles. The van der Waals surface area contributed by atoms with Crippen molar-refractivity contribution in [2.24, 2.45) is 5.73 Å². The van der Waals surface area contributed by atoms with E-state index in [1.165, 1.54) is 12.1 Å². The molecule has 0 amide bonds. The third-order valence-electron chi connectivity index (χ3n) is 1.32. The summed E-state index contributed by atoms with van der Waals surface area (Å²) >= 11 is 0. The monoisotopic (exact) mass is 164 g/mol. The molecule has 0 unspecified atom stereocenters. The molecule has 0 radical (unpaired) electrons. The number of rotatable bonds is 0. The van der Waals surface area contributed by atoms with Crippen LogP contribution in [0.5, 0.6) is 0 Å². The maximum Gasteiger partial charge on any atom is 0.140 e. The van der Waals surface area contributed by atoms with E-state index < -0.39 is 5.82 Å². The summed E-state index contributed by atoms with van der Waals surface area (Å²) in [4.78, 5) is 0. The van der Waals surface area contributed by atoms with E-state index in [0.717, 1.165) is 0 Å². The molecule has 0 aliphatic heterocycles. The molecule has 0 bridgehead atoms. The summed E-state index contributed by atoms with van der Waals surface area (Å²) in [6.45, 7) is 0.226. The lowest BCUT2D eigenvalue weighted by molar-refractivity contribution is 0.625. The van der Waals surface area contributed by atoms with Crippen LogP contribution in [-0.4, -0.2) is 6.54 Å². The second-order valence-electron chi connectivity index (χ2n) is 2.25.